The highest BCUT2D eigenvalue weighted by Crippen LogP contribution is 2.30. The van der Waals surface area contributed by atoms with Crippen LogP contribution in [-0.2, 0) is 0 Å². The van der Waals surface area contributed by atoms with Crippen molar-refractivity contribution in [2.45, 2.75) is 6.92 Å². The second-order valence-electron chi connectivity index (χ2n) is 3.13. The van der Waals surface area contributed by atoms with Crippen molar-refractivity contribution in [2.24, 2.45) is 0 Å². The summed E-state index contributed by atoms with van der Waals surface area (Å²) in [5.41, 5.74) is 0.977. The highest BCUT2D eigenvalue weighted by atomic mass is 32.1. The van der Waals surface area contributed by atoms with Crippen molar-refractivity contribution in [1.82, 2.24) is 0 Å². The molecular formula is C11H10O2S. The number of fused-ring (bicyclic) bond motifs is 1. The van der Waals surface area contributed by atoms with Gasteiger partial charge in [0.1, 0.15) is 6.61 Å². The molecule has 2 rings (SSSR count). The van der Waals surface area contributed by atoms with Crippen LogP contribution in [0.1, 0.15) is 15.2 Å². The molecule has 1 heterocycles. The molecule has 2 aromatic rings. The maximum atomic E-state index is 11.4. The van der Waals surface area contributed by atoms with Crippen molar-refractivity contribution < 1.29 is 9.90 Å². The van der Waals surface area contributed by atoms with Crippen LogP contribution in [0.2, 0.25) is 0 Å². The minimum Gasteiger partial charge on any atom is -0.388 e. The van der Waals surface area contributed by atoms with Crippen LogP contribution in [0.5, 0.6) is 0 Å². The zero-order valence-corrected chi connectivity index (χ0v) is 8.60. The van der Waals surface area contributed by atoms with Gasteiger partial charge in [-0.15, -0.1) is 11.3 Å². The summed E-state index contributed by atoms with van der Waals surface area (Å²) in [6.45, 7) is 1.51. The zero-order valence-electron chi connectivity index (χ0n) is 7.78. The molecule has 0 radical (unpaired) electrons. The van der Waals surface area contributed by atoms with Gasteiger partial charge in [-0.2, -0.15) is 0 Å². The summed E-state index contributed by atoms with van der Waals surface area (Å²) in [4.78, 5) is 12.0. The Labute approximate surface area is 85.8 Å². The Morgan fingerprint density at radius 3 is 2.79 bits per heavy atom. The fraction of sp³-hybridized carbons (Fsp3) is 0.182. The summed E-state index contributed by atoms with van der Waals surface area (Å²) in [7, 11) is 0. The van der Waals surface area contributed by atoms with E-state index in [-0.39, 0.29) is 5.78 Å². The average Bonchev–Trinajstić information content (AvgIpc) is 2.56. The number of carbonyl (C=O) groups excluding carboxylic acids is 1. The Kier molecular flexibility index (Phi) is 2.35. The maximum absolute atomic E-state index is 11.4. The summed E-state index contributed by atoms with van der Waals surface area (Å²) < 4.78 is 1.10. The standard InChI is InChI=1S/C11H10O2S/c1-7-8-4-2-3-5-10(8)14-11(7)9(13)6-12/h2-5,12H,6H2,1H3. The van der Waals surface area contributed by atoms with E-state index in [0.717, 1.165) is 15.6 Å². The van der Waals surface area contributed by atoms with E-state index in [1.54, 1.807) is 0 Å². The van der Waals surface area contributed by atoms with Gasteiger partial charge in [-0.1, -0.05) is 18.2 Å². The molecule has 0 spiro atoms. The molecule has 3 heteroatoms. The van der Waals surface area contributed by atoms with Crippen LogP contribution in [0.4, 0.5) is 0 Å². The van der Waals surface area contributed by atoms with E-state index in [1.807, 2.05) is 31.2 Å². The summed E-state index contributed by atoms with van der Waals surface area (Å²) in [6, 6.07) is 7.89. The molecule has 0 saturated heterocycles. The van der Waals surface area contributed by atoms with Gasteiger partial charge < -0.3 is 5.11 Å². The van der Waals surface area contributed by atoms with Gasteiger partial charge in [0.15, 0.2) is 5.78 Å². The van der Waals surface area contributed by atoms with Gasteiger partial charge in [0.25, 0.3) is 0 Å². The third-order valence-electron chi connectivity index (χ3n) is 2.24. The molecule has 0 saturated carbocycles. The van der Waals surface area contributed by atoms with Crippen molar-refractivity contribution in [2.75, 3.05) is 6.61 Å². The van der Waals surface area contributed by atoms with Crippen LogP contribution in [-0.4, -0.2) is 17.5 Å². The molecular weight excluding hydrogens is 196 g/mol. The van der Waals surface area contributed by atoms with Crippen LogP contribution < -0.4 is 0 Å². The van der Waals surface area contributed by atoms with Gasteiger partial charge in [-0.05, 0) is 23.9 Å². The highest BCUT2D eigenvalue weighted by molar-refractivity contribution is 7.21. The molecule has 0 bridgehead atoms. The Hall–Kier alpha value is -1.19. The molecule has 1 aromatic heterocycles. The lowest BCUT2D eigenvalue weighted by Gasteiger charge is -1.93. The number of aliphatic hydroxyl groups excluding tert-OH is 1. The quantitative estimate of drug-likeness (QED) is 0.766. The summed E-state index contributed by atoms with van der Waals surface area (Å²) in [5.74, 6) is -0.191. The molecule has 72 valence electrons. The topological polar surface area (TPSA) is 37.3 Å². The number of hydrogen-bond acceptors (Lipinski definition) is 3. The molecule has 0 aliphatic carbocycles. The molecule has 1 aromatic carbocycles. The number of benzene rings is 1. The average molecular weight is 206 g/mol. The molecule has 0 amide bonds. The van der Waals surface area contributed by atoms with E-state index in [0.29, 0.717) is 4.88 Å². The predicted octanol–water partition coefficient (Wildman–Crippen LogP) is 2.38. The van der Waals surface area contributed by atoms with Crippen LogP contribution in [0.25, 0.3) is 10.1 Å². The second-order valence-corrected chi connectivity index (χ2v) is 4.19. The number of rotatable bonds is 2. The first-order valence-corrected chi connectivity index (χ1v) is 5.18. The van der Waals surface area contributed by atoms with Crippen LogP contribution >= 0.6 is 11.3 Å². The van der Waals surface area contributed by atoms with Gasteiger partial charge in [-0.3, -0.25) is 4.79 Å². The molecule has 0 aliphatic heterocycles. The monoisotopic (exact) mass is 206 g/mol. The first-order valence-electron chi connectivity index (χ1n) is 4.36. The van der Waals surface area contributed by atoms with E-state index in [2.05, 4.69) is 0 Å². The molecule has 0 fully saturated rings. The van der Waals surface area contributed by atoms with E-state index in [1.165, 1.54) is 11.3 Å². The Morgan fingerprint density at radius 1 is 1.43 bits per heavy atom. The summed E-state index contributed by atoms with van der Waals surface area (Å²) in [6.07, 6.45) is 0. The zero-order chi connectivity index (χ0) is 10.1. The van der Waals surface area contributed by atoms with Gasteiger partial charge in [0.2, 0.25) is 0 Å². The van der Waals surface area contributed by atoms with E-state index in [4.69, 9.17) is 5.11 Å². The molecule has 2 nitrogen and oxygen atoms in total. The lowest BCUT2D eigenvalue weighted by Crippen LogP contribution is -2.02. The lowest BCUT2D eigenvalue weighted by molar-refractivity contribution is 0.0907. The van der Waals surface area contributed by atoms with Crippen molar-refractivity contribution >= 4 is 27.2 Å². The van der Waals surface area contributed by atoms with E-state index < -0.39 is 6.61 Å². The number of hydrogen-bond donors (Lipinski definition) is 1. The van der Waals surface area contributed by atoms with Gasteiger partial charge in [0, 0.05) is 4.70 Å². The van der Waals surface area contributed by atoms with E-state index in [9.17, 15) is 4.79 Å². The summed E-state index contributed by atoms with van der Waals surface area (Å²) in [5, 5.41) is 9.90. The van der Waals surface area contributed by atoms with Gasteiger partial charge in [-0.25, -0.2) is 0 Å². The summed E-state index contributed by atoms with van der Waals surface area (Å²) >= 11 is 1.45. The number of thiophene rings is 1. The fourth-order valence-corrected chi connectivity index (χ4v) is 2.65. The first kappa shape index (κ1) is 9.37. The van der Waals surface area contributed by atoms with Crippen molar-refractivity contribution in [3.05, 3.63) is 34.7 Å². The Morgan fingerprint density at radius 2 is 2.14 bits per heavy atom. The molecule has 14 heavy (non-hydrogen) atoms. The molecule has 0 aliphatic rings. The number of aryl methyl sites for hydroxylation is 1. The van der Waals surface area contributed by atoms with Crippen molar-refractivity contribution in [3.63, 3.8) is 0 Å². The SMILES string of the molecule is Cc1c(C(=O)CO)sc2ccccc12. The minimum atomic E-state index is -0.409. The van der Waals surface area contributed by atoms with Crippen LogP contribution in [0.3, 0.4) is 0 Å². The Bertz CT molecular complexity index is 485. The minimum absolute atomic E-state index is 0.191. The first-order chi connectivity index (χ1) is 6.74. The van der Waals surface area contributed by atoms with Crippen molar-refractivity contribution in [1.29, 1.82) is 0 Å². The lowest BCUT2D eigenvalue weighted by atomic mass is 10.1. The molecule has 1 N–H and O–H groups in total. The predicted molar refractivity (Wildman–Crippen MR) is 58.0 cm³/mol. The smallest absolute Gasteiger partial charge is 0.198 e. The Balaban J connectivity index is 2.68. The largest absolute Gasteiger partial charge is 0.388 e. The molecule has 0 atom stereocenters. The third-order valence-corrected chi connectivity index (χ3v) is 3.55. The number of Topliss-reactive ketones (excluding diaryl/α,β-unsaturated/α-hetero) is 1. The fourth-order valence-electron chi connectivity index (χ4n) is 1.51. The number of aliphatic hydroxyl groups is 1. The third kappa shape index (κ3) is 1.35. The van der Waals surface area contributed by atoms with Crippen LogP contribution in [0.15, 0.2) is 24.3 Å². The van der Waals surface area contributed by atoms with E-state index >= 15 is 0 Å². The second kappa shape index (κ2) is 3.52. The number of carbonyl (C=O) groups is 1. The van der Waals surface area contributed by atoms with Gasteiger partial charge in [0.05, 0.1) is 4.88 Å². The maximum Gasteiger partial charge on any atom is 0.198 e. The van der Waals surface area contributed by atoms with Crippen LogP contribution in [0, 0.1) is 6.92 Å². The van der Waals surface area contributed by atoms with Crippen molar-refractivity contribution in [3.8, 4) is 0 Å². The number of ketones is 1. The highest BCUT2D eigenvalue weighted by Gasteiger charge is 2.13. The molecule has 0 unspecified atom stereocenters. The normalized spacial score (nSPS) is 10.7. The van der Waals surface area contributed by atoms with Gasteiger partial charge >= 0.3 is 0 Å².